The highest BCUT2D eigenvalue weighted by atomic mass is 79.9. The van der Waals surface area contributed by atoms with Crippen LogP contribution < -0.4 is 5.32 Å². The lowest BCUT2D eigenvalue weighted by Gasteiger charge is -2.13. The van der Waals surface area contributed by atoms with Crippen molar-refractivity contribution in [3.8, 4) is 5.69 Å². The smallest absolute Gasteiger partial charge is 0.264 e. The van der Waals surface area contributed by atoms with Gasteiger partial charge in [0.1, 0.15) is 0 Å². The third-order valence-corrected chi connectivity index (χ3v) is 7.87. The number of nitrogens with one attached hydrogen (secondary N) is 1. The third kappa shape index (κ3) is 4.45. The lowest BCUT2D eigenvalue weighted by atomic mass is 10.1. The summed E-state index contributed by atoms with van der Waals surface area (Å²) in [4.78, 5) is 17.9. The molecule has 0 aliphatic carbocycles. The maximum absolute atomic E-state index is 12.6. The summed E-state index contributed by atoms with van der Waals surface area (Å²) in [7, 11) is 0. The first-order chi connectivity index (χ1) is 15.1. The van der Waals surface area contributed by atoms with Crippen LogP contribution in [0.4, 0.5) is 5.69 Å². The number of carbonyl (C=O) groups is 1. The average molecular weight is 529 g/mol. The Morgan fingerprint density at radius 3 is 2.41 bits per heavy atom. The Balaban J connectivity index is 1.67. The summed E-state index contributed by atoms with van der Waals surface area (Å²) in [5.41, 5.74) is 8.35. The summed E-state index contributed by atoms with van der Waals surface area (Å²) in [6.45, 7) is 10.2. The minimum atomic E-state index is -0.136. The molecule has 7 heteroatoms. The van der Waals surface area contributed by atoms with Crippen molar-refractivity contribution in [2.45, 2.75) is 34.6 Å². The number of aryl methyl sites for hydroxylation is 4. The molecule has 4 nitrogen and oxygen atoms in total. The normalized spacial score (nSPS) is 16.3. The lowest BCUT2D eigenvalue weighted by molar-refractivity contribution is -0.115. The maximum atomic E-state index is 12.6. The van der Waals surface area contributed by atoms with Crippen LogP contribution in [0.5, 0.6) is 0 Å². The standard InChI is InChI=1S/C25H23BrClN3OS/c1-13-6-7-19(27)12-21(13)30-16(4)10-18(17(30)5)11-22-24(31)29-25(32-22)28-20-8-14(2)23(26)15(3)9-20/h6-12H,1-5H3,(H,28,29,31)/b22-11-. The van der Waals surface area contributed by atoms with Crippen molar-refractivity contribution in [3.63, 3.8) is 0 Å². The molecule has 32 heavy (non-hydrogen) atoms. The minimum absolute atomic E-state index is 0.136. The number of hydrogen-bond acceptors (Lipinski definition) is 3. The third-order valence-electron chi connectivity index (χ3n) is 5.47. The molecule has 1 fully saturated rings. The largest absolute Gasteiger partial charge is 0.318 e. The maximum Gasteiger partial charge on any atom is 0.264 e. The molecule has 1 aliphatic heterocycles. The van der Waals surface area contributed by atoms with E-state index in [9.17, 15) is 4.79 Å². The van der Waals surface area contributed by atoms with Gasteiger partial charge in [-0.05, 0) is 105 Å². The molecule has 1 N–H and O–H groups in total. The Bertz CT molecular complexity index is 1300. The number of halogens is 2. The van der Waals surface area contributed by atoms with Gasteiger partial charge in [0.25, 0.3) is 5.91 Å². The molecule has 0 bridgehead atoms. The Morgan fingerprint density at radius 2 is 1.72 bits per heavy atom. The zero-order chi connectivity index (χ0) is 23.2. The van der Waals surface area contributed by atoms with E-state index in [0.29, 0.717) is 15.1 Å². The number of benzene rings is 2. The van der Waals surface area contributed by atoms with E-state index in [1.165, 1.54) is 11.8 Å². The summed E-state index contributed by atoms with van der Waals surface area (Å²) < 4.78 is 3.25. The van der Waals surface area contributed by atoms with Crippen molar-refractivity contribution in [2.24, 2.45) is 4.99 Å². The van der Waals surface area contributed by atoms with Gasteiger partial charge in [-0.3, -0.25) is 4.79 Å². The number of hydrogen-bond donors (Lipinski definition) is 1. The molecule has 164 valence electrons. The highest BCUT2D eigenvalue weighted by Crippen LogP contribution is 2.33. The van der Waals surface area contributed by atoms with Crippen LogP contribution in [0.1, 0.15) is 33.6 Å². The number of nitrogens with zero attached hydrogens (tertiary/aromatic N) is 2. The lowest BCUT2D eigenvalue weighted by Crippen LogP contribution is -2.19. The van der Waals surface area contributed by atoms with E-state index in [0.717, 1.165) is 49.5 Å². The molecule has 1 saturated heterocycles. The second kappa shape index (κ2) is 8.93. The van der Waals surface area contributed by atoms with Gasteiger partial charge in [-0.25, -0.2) is 4.99 Å². The van der Waals surface area contributed by atoms with Gasteiger partial charge in [0.05, 0.1) is 10.6 Å². The molecule has 3 aromatic rings. The van der Waals surface area contributed by atoms with Crippen molar-refractivity contribution in [2.75, 3.05) is 0 Å². The zero-order valence-corrected chi connectivity index (χ0v) is 21.7. The number of aliphatic imine (C=N–C) groups is 1. The highest BCUT2D eigenvalue weighted by Gasteiger charge is 2.25. The van der Waals surface area contributed by atoms with Gasteiger partial charge in [0, 0.05) is 26.6 Å². The van der Waals surface area contributed by atoms with Crippen LogP contribution >= 0.6 is 39.3 Å². The molecule has 1 aliphatic rings. The van der Waals surface area contributed by atoms with Crippen LogP contribution in [-0.2, 0) is 4.79 Å². The Morgan fingerprint density at radius 1 is 1.03 bits per heavy atom. The second-order valence-electron chi connectivity index (χ2n) is 7.97. The molecule has 4 rings (SSSR count). The number of thioether (sulfide) groups is 1. The van der Waals surface area contributed by atoms with E-state index in [1.54, 1.807) is 0 Å². The first-order valence-electron chi connectivity index (χ1n) is 10.2. The summed E-state index contributed by atoms with van der Waals surface area (Å²) in [6, 6.07) is 12.0. The quantitative estimate of drug-likeness (QED) is 0.362. The first-order valence-corrected chi connectivity index (χ1v) is 12.1. The molecule has 2 aromatic carbocycles. The van der Waals surface area contributed by atoms with Gasteiger partial charge < -0.3 is 9.88 Å². The van der Waals surface area contributed by atoms with E-state index < -0.39 is 0 Å². The van der Waals surface area contributed by atoms with Gasteiger partial charge >= 0.3 is 0 Å². The summed E-state index contributed by atoms with van der Waals surface area (Å²) in [5, 5.41) is 4.17. The van der Waals surface area contributed by atoms with E-state index in [1.807, 2.05) is 50.3 Å². The fourth-order valence-corrected chi connectivity index (χ4v) is 5.08. The van der Waals surface area contributed by atoms with Gasteiger partial charge in [0.15, 0.2) is 5.17 Å². The fraction of sp³-hybridized carbons (Fsp3) is 0.200. The predicted molar refractivity (Wildman–Crippen MR) is 139 cm³/mol. The molecule has 0 spiro atoms. The molecule has 0 saturated carbocycles. The first kappa shape index (κ1) is 22.9. The minimum Gasteiger partial charge on any atom is -0.318 e. The number of carbonyl (C=O) groups excluding carboxylic acids is 1. The van der Waals surface area contributed by atoms with Crippen LogP contribution in [-0.4, -0.2) is 15.6 Å². The van der Waals surface area contributed by atoms with Crippen molar-refractivity contribution in [1.29, 1.82) is 0 Å². The molecule has 0 unspecified atom stereocenters. The Hall–Kier alpha value is -2.28. The SMILES string of the molecule is Cc1ccc(Cl)cc1-n1c(C)cc(/C=C2\SC(=Nc3cc(C)c(Br)c(C)c3)NC2=O)c1C. The second-order valence-corrected chi connectivity index (χ2v) is 10.2. The Kier molecular flexibility index (Phi) is 6.39. The van der Waals surface area contributed by atoms with E-state index in [-0.39, 0.29) is 5.91 Å². The summed E-state index contributed by atoms with van der Waals surface area (Å²) >= 11 is 11.2. The summed E-state index contributed by atoms with van der Waals surface area (Å²) in [6.07, 6.45) is 1.93. The van der Waals surface area contributed by atoms with Gasteiger partial charge in [-0.15, -0.1) is 0 Å². The van der Waals surface area contributed by atoms with Crippen molar-refractivity contribution < 1.29 is 4.79 Å². The molecule has 2 heterocycles. The van der Waals surface area contributed by atoms with Gasteiger partial charge in [0.2, 0.25) is 0 Å². The van der Waals surface area contributed by atoms with E-state index >= 15 is 0 Å². The molecule has 0 atom stereocenters. The Labute approximate surface area is 205 Å². The van der Waals surface area contributed by atoms with Crippen LogP contribution in [0.25, 0.3) is 11.8 Å². The summed E-state index contributed by atoms with van der Waals surface area (Å²) in [5.74, 6) is -0.136. The van der Waals surface area contributed by atoms with Crippen LogP contribution in [0, 0.1) is 34.6 Å². The monoisotopic (exact) mass is 527 g/mol. The molecular formula is C25H23BrClN3OS. The van der Waals surface area contributed by atoms with Crippen LogP contribution in [0.15, 0.2) is 50.8 Å². The van der Waals surface area contributed by atoms with Gasteiger partial charge in [-0.1, -0.05) is 33.6 Å². The van der Waals surface area contributed by atoms with Crippen LogP contribution in [0.2, 0.25) is 5.02 Å². The van der Waals surface area contributed by atoms with Crippen molar-refractivity contribution in [3.05, 3.63) is 84.4 Å². The predicted octanol–water partition coefficient (Wildman–Crippen LogP) is 7.33. The zero-order valence-electron chi connectivity index (χ0n) is 18.5. The molecule has 0 radical (unpaired) electrons. The number of aromatic nitrogens is 1. The average Bonchev–Trinajstić information content (AvgIpc) is 3.20. The fourth-order valence-electron chi connectivity index (χ4n) is 3.85. The molecular weight excluding hydrogens is 506 g/mol. The number of amides is 1. The molecule has 1 amide bonds. The van der Waals surface area contributed by atoms with E-state index in [4.69, 9.17) is 11.6 Å². The van der Waals surface area contributed by atoms with Crippen molar-refractivity contribution in [1.82, 2.24) is 9.88 Å². The number of amidine groups is 1. The van der Waals surface area contributed by atoms with Crippen molar-refractivity contribution >= 4 is 62.1 Å². The number of rotatable bonds is 3. The van der Waals surface area contributed by atoms with E-state index in [2.05, 4.69) is 57.6 Å². The topological polar surface area (TPSA) is 46.4 Å². The van der Waals surface area contributed by atoms with Gasteiger partial charge in [-0.2, -0.15) is 0 Å². The van der Waals surface area contributed by atoms with Crippen LogP contribution in [0.3, 0.4) is 0 Å². The molecule has 1 aromatic heterocycles. The highest BCUT2D eigenvalue weighted by molar-refractivity contribution is 9.10.